The molecule has 0 spiro atoms. The van der Waals surface area contributed by atoms with Crippen LogP contribution in [-0.4, -0.2) is 34.2 Å². The van der Waals surface area contributed by atoms with Crippen molar-refractivity contribution in [3.05, 3.63) is 12.4 Å². The van der Waals surface area contributed by atoms with E-state index in [1.54, 1.807) is 6.92 Å². The van der Waals surface area contributed by atoms with E-state index in [1.165, 1.54) is 23.2 Å². The fourth-order valence-electron chi connectivity index (χ4n) is 1.31. The summed E-state index contributed by atoms with van der Waals surface area (Å²) >= 11 is 0. The molecular formula is C9H9N3O3. The van der Waals surface area contributed by atoms with Gasteiger partial charge in [-0.2, -0.15) is 0 Å². The Kier molecular flexibility index (Phi) is 2.32. The standard InChI is InChI=1S/C9H9N3O3/c1-2-15-8(14)6-5-11-9-10-3-4-12(9)7(6)13/h3-6H,2H2,1H3. The molecule has 1 aromatic heterocycles. The van der Waals surface area contributed by atoms with Crippen molar-refractivity contribution in [2.45, 2.75) is 6.92 Å². The first-order valence-electron chi connectivity index (χ1n) is 4.52. The highest BCUT2D eigenvalue weighted by atomic mass is 16.5. The molecule has 0 amide bonds. The highest BCUT2D eigenvalue weighted by Crippen LogP contribution is 2.17. The second-order valence-electron chi connectivity index (χ2n) is 2.94. The summed E-state index contributed by atoms with van der Waals surface area (Å²) in [5.74, 6) is -1.62. The summed E-state index contributed by atoms with van der Waals surface area (Å²) in [6.07, 6.45) is 4.20. The summed E-state index contributed by atoms with van der Waals surface area (Å²) in [4.78, 5) is 30.8. The predicted octanol–water partition coefficient (Wildman–Crippen LogP) is 0.418. The molecule has 0 fully saturated rings. The molecule has 0 N–H and O–H groups in total. The minimum Gasteiger partial charge on any atom is -0.465 e. The maximum atomic E-state index is 11.7. The van der Waals surface area contributed by atoms with Gasteiger partial charge in [-0.05, 0) is 6.92 Å². The number of carbonyl (C=O) groups is 2. The lowest BCUT2D eigenvalue weighted by atomic mass is 10.1. The van der Waals surface area contributed by atoms with Crippen LogP contribution < -0.4 is 0 Å². The molecule has 0 bridgehead atoms. The van der Waals surface area contributed by atoms with Crippen LogP contribution in [0.5, 0.6) is 0 Å². The fraction of sp³-hybridized carbons (Fsp3) is 0.333. The van der Waals surface area contributed by atoms with Gasteiger partial charge in [-0.1, -0.05) is 0 Å². The van der Waals surface area contributed by atoms with Gasteiger partial charge in [-0.25, -0.2) is 9.98 Å². The van der Waals surface area contributed by atoms with Crippen molar-refractivity contribution in [1.29, 1.82) is 0 Å². The Labute approximate surface area is 85.6 Å². The Hall–Kier alpha value is -1.98. The second kappa shape index (κ2) is 3.64. The Bertz CT molecular complexity index is 436. The van der Waals surface area contributed by atoms with Gasteiger partial charge in [0.2, 0.25) is 5.95 Å². The smallest absolute Gasteiger partial charge is 0.324 e. The van der Waals surface area contributed by atoms with E-state index < -0.39 is 11.9 Å². The van der Waals surface area contributed by atoms with Crippen LogP contribution in [-0.2, 0) is 9.53 Å². The molecule has 6 nitrogen and oxygen atoms in total. The zero-order chi connectivity index (χ0) is 10.8. The third-order valence-electron chi connectivity index (χ3n) is 2.00. The third kappa shape index (κ3) is 1.54. The number of esters is 1. The molecule has 0 saturated carbocycles. The second-order valence-corrected chi connectivity index (χ2v) is 2.94. The molecule has 6 heteroatoms. The molecule has 1 unspecified atom stereocenters. The molecule has 0 aliphatic carbocycles. The van der Waals surface area contributed by atoms with Crippen molar-refractivity contribution >= 4 is 24.0 Å². The molecule has 15 heavy (non-hydrogen) atoms. The van der Waals surface area contributed by atoms with Gasteiger partial charge in [0.25, 0.3) is 5.91 Å². The van der Waals surface area contributed by atoms with E-state index in [-0.39, 0.29) is 12.5 Å². The van der Waals surface area contributed by atoms with Gasteiger partial charge in [-0.15, -0.1) is 0 Å². The van der Waals surface area contributed by atoms with E-state index in [1.807, 2.05) is 0 Å². The van der Waals surface area contributed by atoms with Crippen molar-refractivity contribution in [2.24, 2.45) is 10.9 Å². The van der Waals surface area contributed by atoms with Crippen LogP contribution in [0, 0.1) is 5.92 Å². The van der Waals surface area contributed by atoms with E-state index in [0.717, 1.165) is 0 Å². The molecule has 2 heterocycles. The summed E-state index contributed by atoms with van der Waals surface area (Å²) in [6, 6.07) is 0. The minimum atomic E-state index is -0.952. The van der Waals surface area contributed by atoms with E-state index in [0.29, 0.717) is 5.95 Å². The van der Waals surface area contributed by atoms with Crippen molar-refractivity contribution in [2.75, 3.05) is 6.61 Å². The molecule has 0 aromatic carbocycles. The summed E-state index contributed by atoms with van der Waals surface area (Å²) in [5, 5.41) is 0. The zero-order valence-corrected chi connectivity index (χ0v) is 8.08. The van der Waals surface area contributed by atoms with E-state index >= 15 is 0 Å². The number of fused-ring (bicyclic) bond motifs is 1. The van der Waals surface area contributed by atoms with Crippen molar-refractivity contribution in [3.8, 4) is 0 Å². The molecule has 1 aromatic rings. The maximum absolute atomic E-state index is 11.7. The van der Waals surface area contributed by atoms with Gasteiger partial charge in [0.1, 0.15) is 0 Å². The Morgan fingerprint density at radius 1 is 1.67 bits per heavy atom. The van der Waals surface area contributed by atoms with Gasteiger partial charge in [0.15, 0.2) is 5.92 Å². The van der Waals surface area contributed by atoms with Crippen LogP contribution in [0.15, 0.2) is 17.4 Å². The Morgan fingerprint density at radius 2 is 2.47 bits per heavy atom. The van der Waals surface area contributed by atoms with Crippen molar-refractivity contribution < 1.29 is 14.3 Å². The Balaban J connectivity index is 2.26. The SMILES string of the molecule is CCOC(=O)C1C=Nc2nccn2C1=O. The topological polar surface area (TPSA) is 73.5 Å². The van der Waals surface area contributed by atoms with Crippen LogP contribution in [0.4, 0.5) is 5.95 Å². The van der Waals surface area contributed by atoms with Crippen LogP contribution in [0.2, 0.25) is 0 Å². The van der Waals surface area contributed by atoms with Gasteiger partial charge in [0, 0.05) is 18.6 Å². The van der Waals surface area contributed by atoms with Gasteiger partial charge in [-0.3, -0.25) is 14.2 Å². The maximum Gasteiger partial charge on any atom is 0.324 e. The normalized spacial score (nSPS) is 18.7. The molecule has 78 valence electrons. The number of nitrogens with zero attached hydrogens (tertiary/aromatic N) is 3. The first kappa shape index (κ1) is 9.57. The average Bonchev–Trinajstić information content (AvgIpc) is 2.67. The molecule has 2 rings (SSSR count). The number of aliphatic imine (C=N–C) groups is 1. The molecule has 0 saturated heterocycles. The number of aromatic nitrogens is 2. The van der Waals surface area contributed by atoms with Crippen LogP contribution in [0.25, 0.3) is 0 Å². The number of carbonyl (C=O) groups excluding carboxylic acids is 2. The summed E-state index contributed by atoms with van der Waals surface area (Å²) in [6.45, 7) is 1.93. The lowest BCUT2D eigenvalue weighted by Crippen LogP contribution is -2.33. The average molecular weight is 207 g/mol. The van der Waals surface area contributed by atoms with Gasteiger partial charge >= 0.3 is 5.97 Å². The molecular weight excluding hydrogens is 198 g/mol. The van der Waals surface area contributed by atoms with Crippen LogP contribution in [0.1, 0.15) is 11.7 Å². The third-order valence-corrected chi connectivity index (χ3v) is 2.00. The van der Waals surface area contributed by atoms with Gasteiger partial charge < -0.3 is 4.74 Å². The number of hydrogen-bond donors (Lipinski definition) is 0. The molecule has 1 atom stereocenters. The zero-order valence-electron chi connectivity index (χ0n) is 8.08. The molecule has 1 aliphatic heterocycles. The van der Waals surface area contributed by atoms with Crippen molar-refractivity contribution in [1.82, 2.24) is 9.55 Å². The number of rotatable bonds is 2. The quantitative estimate of drug-likeness (QED) is 0.520. The number of imidazole rings is 1. The summed E-state index contributed by atoms with van der Waals surface area (Å²) in [7, 11) is 0. The highest BCUT2D eigenvalue weighted by Gasteiger charge is 2.31. The van der Waals surface area contributed by atoms with Crippen molar-refractivity contribution in [3.63, 3.8) is 0 Å². The van der Waals surface area contributed by atoms with E-state index in [2.05, 4.69) is 9.98 Å². The lowest BCUT2D eigenvalue weighted by molar-refractivity contribution is -0.144. The number of hydrogen-bond acceptors (Lipinski definition) is 5. The van der Waals surface area contributed by atoms with E-state index in [4.69, 9.17) is 4.74 Å². The van der Waals surface area contributed by atoms with Crippen LogP contribution >= 0.6 is 0 Å². The Morgan fingerprint density at radius 3 is 3.20 bits per heavy atom. The van der Waals surface area contributed by atoms with E-state index in [9.17, 15) is 9.59 Å². The summed E-state index contributed by atoms with van der Waals surface area (Å²) in [5.41, 5.74) is 0. The minimum absolute atomic E-state index is 0.243. The van der Waals surface area contributed by atoms with Gasteiger partial charge in [0.05, 0.1) is 6.61 Å². The predicted molar refractivity (Wildman–Crippen MR) is 51.1 cm³/mol. The highest BCUT2D eigenvalue weighted by molar-refractivity contribution is 6.14. The first-order chi connectivity index (χ1) is 7.24. The summed E-state index contributed by atoms with van der Waals surface area (Å²) < 4.78 is 6.00. The lowest BCUT2D eigenvalue weighted by Gasteiger charge is -2.14. The largest absolute Gasteiger partial charge is 0.465 e. The fourth-order valence-corrected chi connectivity index (χ4v) is 1.31. The molecule has 0 radical (unpaired) electrons. The molecule has 1 aliphatic rings. The van der Waals surface area contributed by atoms with Crippen LogP contribution in [0.3, 0.4) is 0 Å². The number of ether oxygens (including phenoxy) is 1. The monoisotopic (exact) mass is 207 g/mol. The first-order valence-corrected chi connectivity index (χ1v) is 4.52.